The van der Waals surface area contributed by atoms with Crippen molar-refractivity contribution >= 4 is 36.8 Å². The number of thioether (sulfide) groups is 2. The van der Waals surface area contributed by atoms with E-state index < -0.39 is 0 Å². The summed E-state index contributed by atoms with van der Waals surface area (Å²) in [5.74, 6) is 2.43. The van der Waals surface area contributed by atoms with Crippen LogP contribution < -0.4 is 5.46 Å². The third-order valence-corrected chi connectivity index (χ3v) is 4.09. The van der Waals surface area contributed by atoms with Crippen LogP contribution in [0.5, 0.6) is 0 Å². The van der Waals surface area contributed by atoms with Crippen LogP contribution in [0.2, 0.25) is 0 Å². The van der Waals surface area contributed by atoms with Crippen LogP contribution in [0.3, 0.4) is 0 Å². The Bertz CT molecular complexity index is 273. The fourth-order valence-electron chi connectivity index (χ4n) is 1.06. The second kappa shape index (κ2) is 3.15. The third-order valence-electron chi connectivity index (χ3n) is 1.57. The lowest BCUT2D eigenvalue weighted by Crippen LogP contribution is -2.04. The summed E-state index contributed by atoms with van der Waals surface area (Å²) in [5, 5.41) is 0. The van der Waals surface area contributed by atoms with E-state index in [4.69, 9.17) is 7.85 Å². The van der Waals surface area contributed by atoms with E-state index in [1.165, 1.54) is 21.3 Å². The van der Waals surface area contributed by atoms with Crippen molar-refractivity contribution in [2.75, 3.05) is 11.5 Å². The van der Waals surface area contributed by atoms with Gasteiger partial charge in [0.1, 0.15) is 7.85 Å². The van der Waals surface area contributed by atoms with E-state index in [-0.39, 0.29) is 0 Å². The Morgan fingerprint density at radius 3 is 2.64 bits per heavy atom. The molecule has 0 aromatic heterocycles. The van der Waals surface area contributed by atoms with Gasteiger partial charge >= 0.3 is 0 Å². The summed E-state index contributed by atoms with van der Waals surface area (Å²) in [7, 11) is 5.66. The zero-order valence-electron chi connectivity index (χ0n) is 6.04. The van der Waals surface area contributed by atoms with Gasteiger partial charge in [-0.05, 0) is 6.07 Å². The molecule has 1 aliphatic rings. The minimum atomic E-state index is 0.874. The number of fused-ring (bicyclic) bond motifs is 1. The second-order valence-electron chi connectivity index (χ2n) is 2.40. The van der Waals surface area contributed by atoms with Crippen molar-refractivity contribution in [3.63, 3.8) is 0 Å². The predicted molar refractivity (Wildman–Crippen MR) is 53.3 cm³/mol. The quantitative estimate of drug-likeness (QED) is 0.554. The van der Waals surface area contributed by atoms with E-state index in [0.29, 0.717) is 0 Å². The highest BCUT2D eigenvalue weighted by Gasteiger charge is 2.08. The highest BCUT2D eigenvalue weighted by Crippen LogP contribution is 2.35. The van der Waals surface area contributed by atoms with E-state index >= 15 is 0 Å². The minimum Gasteiger partial charge on any atom is -0.124 e. The molecule has 3 heteroatoms. The normalized spacial score (nSPS) is 16.0. The fourth-order valence-corrected chi connectivity index (χ4v) is 3.32. The molecule has 0 bridgehead atoms. The topological polar surface area (TPSA) is 0 Å². The lowest BCUT2D eigenvalue weighted by molar-refractivity contribution is 1.23. The Morgan fingerprint density at radius 2 is 1.82 bits per heavy atom. The van der Waals surface area contributed by atoms with E-state index in [2.05, 4.69) is 12.1 Å². The van der Waals surface area contributed by atoms with Crippen LogP contribution in [0.4, 0.5) is 0 Å². The molecule has 0 unspecified atom stereocenters. The molecule has 0 N–H and O–H groups in total. The summed E-state index contributed by atoms with van der Waals surface area (Å²) in [6, 6.07) is 6.14. The molecule has 2 rings (SSSR count). The van der Waals surface area contributed by atoms with Gasteiger partial charge in [-0.3, -0.25) is 0 Å². The van der Waals surface area contributed by atoms with Gasteiger partial charge in [-0.25, -0.2) is 0 Å². The van der Waals surface area contributed by atoms with Gasteiger partial charge in [0.15, 0.2) is 0 Å². The average Bonchev–Trinajstić information content (AvgIpc) is 2.04. The Balaban J connectivity index is 2.43. The molecule has 54 valence electrons. The summed E-state index contributed by atoms with van der Waals surface area (Å²) in [5.41, 5.74) is 0.874. The van der Waals surface area contributed by atoms with Crippen molar-refractivity contribution in [1.82, 2.24) is 0 Å². The molecule has 0 nitrogen and oxygen atoms in total. The lowest BCUT2D eigenvalue weighted by atomic mass is 9.97. The van der Waals surface area contributed by atoms with Gasteiger partial charge in [-0.15, -0.1) is 23.5 Å². The molecule has 0 aliphatic carbocycles. The Hall–Kier alpha value is -0.0151. The molecule has 1 aromatic rings. The Morgan fingerprint density at radius 1 is 1.09 bits per heavy atom. The van der Waals surface area contributed by atoms with Gasteiger partial charge in [0, 0.05) is 21.3 Å². The molecule has 1 heterocycles. The molecule has 0 saturated heterocycles. The van der Waals surface area contributed by atoms with Gasteiger partial charge in [-0.2, -0.15) is 0 Å². The Labute approximate surface area is 76.6 Å². The van der Waals surface area contributed by atoms with Crippen molar-refractivity contribution < 1.29 is 0 Å². The molecule has 0 spiro atoms. The number of benzene rings is 1. The summed E-state index contributed by atoms with van der Waals surface area (Å²) < 4.78 is 0. The first-order chi connectivity index (χ1) is 5.36. The summed E-state index contributed by atoms with van der Waals surface area (Å²) in [6.45, 7) is 0. The van der Waals surface area contributed by atoms with Crippen LogP contribution in [0.15, 0.2) is 28.0 Å². The van der Waals surface area contributed by atoms with Gasteiger partial charge in [0.25, 0.3) is 0 Å². The molecule has 0 atom stereocenters. The summed E-state index contributed by atoms with van der Waals surface area (Å²) in [4.78, 5) is 2.73. The second-order valence-corrected chi connectivity index (χ2v) is 4.68. The maximum atomic E-state index is 5.66. The van der Waals surface area contributed by atoms with Gasteiger partial charge in [0.2, 0.25) is 0 Å². The molecule has 0 saturated carbocycles. The highest BCUT2D eigenvalue weighted by atomic mass is 32.2. The summed E-state index contributed by atoms with van der Waals surface area (Å²) >= 11 is 3.82. The van der Waals surface area contributed by atoms with E-state index in [9.17, 15) is 0 Å². The van der Waals surface area contributed by atoms with Crippen molar-refractivity contribution in [2.24, 2.45) is 0 Å². The van der Waals surface area contributed by atoms with Crippen LogP contribution in [-0.2, 0) is 0 Å². The zero-order chi connectivity index (χ0) is 7.68. The van der Waals surface area contributed by atoms with E-state index in [1.807, 2.05) is 29.6 Å². The SMILES string of the molecule is [B]c1ccc2c(c1)SCCS2. The molecule has 2 radical (unpaired) electrons. The van der Waals surface area contributed by atoms with Crippen molar-refractivity contribution in [2.45, 2.75) is 9.79 Å². The first-order valence-corrected chi connectivity index (χ1v) is 5.48. The minimum absolute atomic E-state index is 0.874. The van der Waals surface area contributed by atoms with Crippen LogP contribution in [0, 0.1) is 0 Å². The summed E-state index contributed by atoms with van der Waals surface area (Å²) in [6.07, 6.45) is 0. The highest BCUT2D eigenvalue weighted by molar-refractivity contribution is 8.05. The first kappa shape index (κ1) is 7.62. The number of hydrogen-bond donors (Lipinski definition) is 0. The molecule has 0 amide bonds. The van der Waals surface area contributed by atoms with Gasteiger partial charge in [0.05, 0.1) is 0 Å². The Kier molecular flexibility index (Phi) is 2.19. The molecule has 1 aromatic carbocycles. The van der Waals surface area contributed by atoms with Crippen molar-refractivity contribution in [3.8, 4) is 0 Å². The zero-order valence-corrected chi connectivity index (χ0v) is 7.67. The maximum Gasteiger partial charge on any atom is 0.113 e. The molecule has 11 heavy (non-hydrogen) atoms. The smallest absolute Gasteiger partial charge is 0.113 e. The van der Waals surface area contributed by atoms with Crippen molar-refractivity contribution in [3.05, 3.63) is 18.2 Å². The monoisotopic (exact) mass is 178 g/mol. The van der Waals surface area contributed by atoms with Crippen molar-refractivity contribution in [1.29, 1.82) is 0 Å². The number of rotatable bonds is 0. The third kappa shape index (κ3) is 1.59. The predicted octanol–water partition coefficient (Wildman–Crippen LogP) is 1.68. The largest absolute Gasteiger partial charge is 0.124 e. The standard InChI is InChI=1S/C8H7BS2/c9-6-1-2-7-8(5-6)11-4-3-10-7/h1-2,5H,3-4H2. The van der Waals surface area contributed by atoms with E-state index in [0.717, 1.165) is 5.46 Å². The van der Waals surface area contributed by atoms with E-state index in [1.54, 1.807) is 0 Å². The fraction of sp³-hybridized carbons (Fsp3) is 0.250. The molecule has 0 fully saturated rings. The first-order valence-electron chi connectivity index (χ1n) is 3.51. The average molecular weight is 178 g/mol. The number of hydrogen-bond acceptors (Lipinski definition) is 2. The van der Waals surface area contributed by atoms with Crippen LogP contribution >= 0.6 is 23.5 Å². The van der Waals surface area contributed by atoms with Crippen LogP contribution in [-0.4, -0.2) is 19.4 Å². The lowest BCUT2D eigenvalue weighted by Gasteiger charge is -2.14. The van der Waals surface area contributed by atoms with Crippen LogP contribution in [0.1, 0.15) is 0 Å². The molecular formula is C8H7BS2. The van der Waals surface area contributed by atoms with Crippen LogP contribution in [0.25, 0.3) is 0 Å². The molecule has 1 aliphatic heterocycles. The molecular weight excluding hydrogens is 171 g/mol. The van der Waals surface area contributed by atoms with Gasteiger partial charge < -0.3 is 0 Å². The van der Waals surface area contributed by atoms with Gasteiger partial charge in [-0.1, -0.05) is 17.6 Å². The maximum absolute atomic E-state index is 5.66.